The van der Waals surface area contributed by atoms with Crippen LogP contribution in [-0.4, -0.2) is 41.6 Å². The molecule has 0 radical (unpaired) electrons. The lowest BCUT2D eigenvalue weighted by Crippen LogP contribution is -2.39. The summed E-state index contributed by atoms with van der Waals surface area (Å²) in [6.07, 6.45) is 5.71. The molecule has 5 nitrogen and oxygen atoms in total. The quantitative estimate of drug-likeness (QED) is 0.866. The zero-order valence-electron chi connectivity index (χ0n) is 15.4. The molecule has 1 amide bonds. The normalized spacial score (nSPS) is 18.8. The monoisotopic (exact) mass is 353 g/mol. The molecule has 1 saturated heterocycles. The van der Waals surface area contributed by atoms with Gasteiger partial charge in [-0.25, -0.2) is 0 Å². The predicted octanol–water partition coefficient (Wildman–Crippen LogP) is 3.18. The van der Waals surface area contributed by atoms with Crippen LogP contribution < -0.4 is 5.32 Å². The number of rotatable bonds is 6. The molecule has 0 unspecified atom stereocenters. The zero-order chi connectivity index (χ0) is 17.9. The first-order chi connectivity index (χ1) is 12.7. The molecule has 1 aliphatic carbocycles. The van der Waals surface area contributed by atoms with Crippen molar-refractivity contribution >= 4 is 5.91 Å². The topological polar surface area (TPSA) is 58.4 Å². The van der Waals surface area contributed by atoms with Gasteiger partial charge in [0.1, 0.15) is 17.0 Å². The third-order valence-electron chi connectivity index (χ3n) is 5.64. The molecule has 2 heterocycles. The first kappa shape index (κ1) is 17.3. The van der Waals surface area contributed by atoms with Gasteiger partial charge in [0.15, 0.2) is 0 Å². The molecule has 1 aromatic carbocycles. The fraction of sp³-hybridized carbons (Fsp3) is 0.524. The number of carbonyl (C=O) groups is 1. The maximum Gasteiger partial charge on any atom is 0.256 e. The molecule has 0 bridgehead atoms. The molecular formula is C21H27N3O2. The maximum absolute atomic E-state index is 12.7. The largest absolute Gasteiger partial charge is 0.361 e. The number of nitrogens with one attached hydrogen (secondary N) is 1. The minimum atomic E-state index is -0.0562. The van der Waals surface area contributed by atoms with Crippen molar-refractivity contribution in [1.29, 1.82) is 0 Å². The first-order valence-corrected chi connectivity index (χ1v) is 9.72. The molecule has 0 spiro atoms. The summed E-state index contributed by atoms with van der Waals surface area (Å²) in [5, 5.41) is 7.24. The Morgan fingerprint density at radius 1 is 1.19 bits per heavy atom. The molecule has 2 aliphatic rings. The molecule has 1 N–H and O–H groups in total. The molecule has 138 valence electrons. The van der Waals surface area contributed by atoms with Crippen molar-refractivity contribution in [2.24, 2.45) is 5.92 Å². The summed E-state index contributed by atoms with van der Waals surface area (Å²) in [4.78, 5) is 15.4. The van der Waals surface area contributed by atoms with Gasteiger partial charge in [0.2, 0.25) is 0 Å². The summed E-state index contributed by atoms with van der Waals surface area (Å²) < 4.78 is 5.31. The van der Waals surface area contributed by atoms with Gasteiger partial charge in [0, 0.05) is 19.0 Å². The number of aromatic nitrogens is 1. The maximum atomic E-state index is 12.7. The van der Waals surface area contributed by atoms with E-state index in [1.54, 1.807) is 0 Å². The van der Waals surface area contributed by atoms with E-state index in [-0.39, 0.29) is 5.91 Å². The van der Waals surface area contributed by atoms with Crippen molar-refractivity contribution in [2.75, 3.05) is 19.6 Å². The van der Waals surface area contributed by atoms with Crippen LogP contribution in [0.1, 0.15) is 53.1 Å². The van der Waals surface area contributed by atoms with Crippen LogP contribution in [0.15, 0.2) is 34.9 Å². The molecular weight excluding hydrogens is 326 g/mol. The molecule has 0 atom stereocenters. The van der Waals surface area contributed by atoms with Gasteiger partial charge in [-0.3, -0.25) is 4.79 Å². The van der Waals surface area contributed by atoms with E-state index < -0.39 is 0 Å². The number of amides is 1. The Kier molecular flexibility index (Phi) is 5.07. The molecule has 26 heavy (non-hydrogen) atoms. The number of likely N-dealkylation sites (tertiary alicyclic amines) is 1. The lowest BCUT2D eigenvalue weighted by Gasteiger charge is -2.32. The average molecular weight is 353 g/mol. The predicted molar refractivity (Wildman–Crippen MR) is 100 cm³/mol. The summed E-state index contributed by atoms with van der Waals surface area (Å²) in [7, 11) is 0. The fourth-order valence-corrected chi connectivity index (χ4v) is 3.91. The highest BCUT2D eigenvalue weighted by molar-refractivity contribution is 5.96. The van der Waals surface area contributed by atoms with Crippen molar-refractivity contribution in [3.63, 3.8) is 0 Å². The Balaban J connectivity index is 1.33. The van der Waals surface area contributed by atoms with Gasteiger partial charge < -0.3 is 14.7 Å². The van der Waals surface area contributed by atoms with Crippen molar-refractivity contribution in [2.45, 2.75) is 45.1 Å². The third kappa shape index (κ3) is 3.98. The van der Waals surface area contributed by atoms with Crippen molar-refractivity contribution in [3.8, 4) is 0 Å². The highest BCUT2D eigenvalue weighted by atomic mass is 16.5. The van der Waals surface area contributed by atoms with Crippen molar-refractivity contribution in [3.05, 3.63) is 52.9 Å². The van der Waals surface area contributed by atoms with Crippen LogP contribution in [0.2, 0.25) is 0 Å². The van der Waals surface area contributed by atoms with Crippen LogP contribution >= 0.6 is 0 Å². The van der Waals surface area contributed by atoms with E-state index >= 15 is 0 Å². The molecule has 4 rings (SSSR count). The molecule has 1 saturated carbocycles. The van der Waals surface area contributed by atoms with Crippen LogP contribution in [0.3, 0.4) is 0 Å². The number of hydrogen-bond acceptors (Lipinski definition) is 4. The number of benzene rings is 1. The van der Waals surface area contributed by atoms with Gasteiger partial charge in [0.05, 0.1) is 0 Å². The Labute approximate surface area is 154 Å². The zero-order valence-corrected chi connectivity index (χ0v) is 15.4. The van der Waals surface area contributed by atoms with E-state index in [2.05, 4.69) is 15.4 Å². The summed E-state index contributed by atoms with van der Waals surface area (Å²) in [6, 6.07) is 10.9. The van der Waals surface area contributed by atoms with Gasteiger partial charge in [-0.1, -0.05) is 35.5 Å². The highest BCUT2D eigenvalue weighted by Gasteiger charge is 2.32. The van der Waals surface area contributed by atoms with Gasteiger partial charge in [0.25, 0.3) is 5.91 Å². The lowest BCUT2D eigenvalue weighted by molar-refractivity contribution is 0.0932. The average Bonchev–Trinajstić information content (AvgIpc) is 3.45. The number of aryl methyl sites for hydroxylation is 1. The summed E-state index contributed by atoms with van der Waals surface area (Å²) in [5.41, 5.74) is 2.45. The molecule has 1 aliphatic heterocycles. The van der Waals surface area contributed by atoms with E-state index in [0.29, 0.717) is 23.7 Å². The van der Waals surface area contributed by atoms with Crippen molar-refractivity contribution in [1.82, 2.24) is 15.4 Å². The number of carbonyl (C=O) groups excluding carboxylic acids is 1. The number of nitrogens with zero attached hydrogens (tertiary/aromatic N) is 2. The first-order valence-electron chi connectivity index (χ1n) is 9.72. The minimum Gasteiger partial charge on any atom is -0.361 e. The van der Waals surface area contributed by atoms with E-state index in [1.807, 2.05) is 37.3 Å². The van der Waals surface area contributed by atoms with Crippen LogP contribution in [0.5, 0.6) is 0 Å². The standard InChI is InChI=1S/C21H27N3O2/c1-15-20(19(23-26-15)13-16-5-3-2-4-6-16)21(25)22-14-17-9-11-24(12-10-17)18-7-8-18/h2-6,17-18H,7-14H2,1H3,(H,22,25). The molecule has 2 fully saturated rings. The summed E-state index contributed by atoms with van der Waals surface area (Å²) in [5.74, 6) is 1.11. The Morgan fingerprint density at radius 2 is 1.92 bits per heavy atom. The van der Waals surface area contributed by atoms with E-state index in [0.717, 1.165) is 23.8 Å². The van der Waals surface area contributed by atoms with E-state index in [9.17, 15) is 4.79 Å². The SMILES string of the molecule is Cc1onc(Cc2ccccc2)c1C(=O)NCC1CCN(C2CC2)CC1. The van der Waals surface area contributed by atoms with Crippen LogP contribution in [0, 0.1) is 12.8 Å². The van der Waals surface area contributed by atoms with E-state index in [1.165, 1.54) is 38.8 Å². The molecule has 2 aromatic rings. The van der Waals surface area contributed by atoms with Crippen molar-refractivity contribution < 1.29 is 9.32 Å². The highest BCUT2D eigenvalue weighted by Crippen LogP contribution is 2.30. The Hall–Kier alpha value is -2.14. The van der Waals surface area contributed by atoms with Crippen LogP contribution in [-0.2, 0) is 6.42 Å². The second-order valence-corrected chi connectivity index (χ2v) is 7.64. The van der Waals surface area contributed by atoms with Gasteiger partial charge in [-0.2, -0.15) is 0 Å². The molecule has 1 aromatic heterocycles. The Bertz CT molecular complexity index is 744. The third-order valence-corrected chi connectivity index (χ3v) is 5.64. The van der Waals surface area contributed by atoms with Gasteiger partial charge in [-0.15, -0.1) is 0 Å². The summed E-state index contributed by atoms with van der Waals surface area (Å²) in [6.45, 7) is 4.91. The summed E-state index contributed by atoms with van der Waals surface area (Å²) >= 11 is 0. The second kappa shape index (κ2) is 7.62. The van der Waals surface area contributed by atoms with Crippen LogP contribution in [0.4, 0.5) is 0 Å². The van der Waals surface area contributed by atoms with Crippen LogP contribution in [0.25, 0.3) is 0 Å². The molecule has 5 heteroatoms. The lowest BCUT2D eigenvalue weighted by atomic mass is 9.96. The smallest absolute Gasteiger partial charge is 0.256 e. The number of piperidine rings is 1. The fourth-order valence-electron chi connectivity index (χ4n) is 3.91. The van der Waals surface area contributed by atoms with E-state index in [4.69, 9.17) is 4.52 Å². The minimum absolute atomic E-state index is 0.0562. The second-order valence-electron chi connectivity index (χ2n) is 7.64. The van der Waals surface area contributed by atoms with Gasteiger partial charge in [-0.05, 0) is 57.2 Å². The Morgan fingerprint density at radius 3 is 2.62 bits per heavy atom. The number of hydrogen-bond donors (Lipinski definition) is 1. The van der Waals surface area contributed by atoms with Gasteiger partial charge >= 0.3 is 0 Å².